The van der Waals surface area contributed by atoms with Gasteiger partial charge in [-0.15, -0.1) is 5.10 Å². The molecule has 0 spiro atoms. The molecule has 0 radical (unpaired) electrons. The number of piperidine rings is 1. The van der Waals surface area contributed by atoms with E-state index in [0.29, 0.717) is 37.4 Å². The molecule has 1 fully saturated rings. The Labute approximate surface area is 132 Å². The molecule has 2 N–H and O–H groups in total. The van der Waals surface area contributed by atoms with E-state index in [1.165, 1.54) is 6.92 Å². The second-order valence-electron chi connectivity index (χ2n) is 5.96. The highest BCUT2D eigenvalue weighted by Gasteiger charge is 2.38. The maximum atomic E-state index is 12.6. The number of aliphatic hydroxyl groups is 1. The zero-order valence-corrected chi connectivity index (χ0v) is 12.9. The van der Waals surface area contributed by atoms with Crippen LogP contribution in [0.25, 0.3) is 0 Å². The van der Waals surface area contributed by atoms with Gasteiger partial charge in [-0.3, -0.25) is 4.79 Å². The number of hydrogen-bond acceptors (Lipinski definition) is 5. The Morgan fingerprint density at radius 2 is 2.00 bits per heavy atom. The molecular weight excluding hydrogens is 298 g/mol. The maximum absolute atomic E-state index is 12.6. The van der Waals surface area contributed by atoms with Crippen molar-refractivity contribution in [3.63, 3.8) is 0 Å². The largest absolute Gasteiger partial charge is 0.434 e. The lowest BCUT2D eigenvalue weighted by Crippen LogP contribution is -2.48. The number of carbonyl (C=O) groups excluding carboxylic acids is 1. The van der Waals surface area contributed by atoms with E-state index < -0.39 is 11.4 Å². The summed E-state index contributed by atoms with van der Waals surface area (Å²) in [6.07, 6.45) is 1.29. The molecule has 0 saturated carbocycles. The summed E-state index contributed by atoms with van der Waals surface area (Å²) in [5, 5.41) is 16.7. The number of amides is 1. The van der Waals surface area contributed by atoms with Crippen molar-refractivity contribution in [2.45, 2.75) is 31.3 Å². The topological polar surface area (TPSA) is 99.4 Å². The third-order valence-electron chi connectivity index (χ3n) is 4.34. The highest BCUT2D eigenvalue weighted by atomic mass is 16.4. The van der Waals surface area contributed by atoms with Gasteiger partial charge < -0.3 is 14.4 Å². The van der Waals surface area contributed by atoms with Gasteiger partial charge in [0.2, 0.25) is 5.89 Å². The van der Waals surface area contributed by atoms with Crippen molar-refractivity contribution in [3.05, 3.63) is 52.3 Å². The van der Waals surface area contributed by atoms with Gasteiger partial charge in [0, 0.05) is 19.0 Å². The number of likely N-dealkylation sites (tertiary alicyclic amines) is 1. The number of nitrogens with zero attached hydrogens (tertiary/aromatic N) is 2. The fourth-order valence-corrected chi connectivity index (χ4v) is 2.94. The molecule has 0 unspecified atom stereocenters. The molecule has 0 aliphatic carbocycles. The molecule has 1 saturated heterocycles. The van der Waals surface area contributed by atoms with Gasteiger partial charge in [0.25, 0.3) is 5.91 Å². The number of nitrogens with one attached hydrogen (secondary N) is 1. The lowest BCUT2D eigenvalue weighted by atomic mass is 9.91. The van der Waals surface area contributed by atoms with E-state index in [-0.39, 0.29) is 11.8 Å². The van der Waals surface area contributed by atoms with Crippen LogP contribution in [0.3, 0.4) is 0 Å². The summed E-state index contributed by atoms with van der Waals surface area (Å²) >= 11 is 0. The molecular formula is C16H19N3O4. The van der Waals surface area contributed by atoms with Crippen LogP contribution in [0.4, 0.5) is 0 Å². The van der Waals surface area contributed by atoms with Crippen molar-refractivity contribution in [3.8, 4) is 0 Å². The second kappa shape index (κ2) is 6.00. The Kier molecular flexibility index (Phi) is 4.04. The Morgan fingerprint density at radius 1 is 1.35 bits per heavy atom. The molecule has 7 nitrogen and oxygen atoms in total. The highest BCUT2D eigenvalue weighted by Crippen LogP contribution is 2.29. The van der Waals surface area contributed by atoms with Crippen molar-refractivity contribution in [1.29, 1.82) is 0 Å². The van der Waals surface area contributed by atoms with Gasteiger partial charge in [-0.05, 0) is 25.3 Å². The standard InChI is InChI=1S/C16H19N3O4/c1-16(22,12-5-3-2-4-6-12)14(20)19-9-7-11(8-10-19)13-17-18-15(21)23-13/h2-6,11,22H,7-10H2,1H3,(H,18,21)/t16-/m0/s1. The fraction of sp³-hybridized carbons (Fsp3) is 0.438. The third kappa shape index (κ3) is 3.05. The number of hydrogen-bond donors (Lipinski definition) is 2. The van der Waals surface area contributed by atoms with E-state index in [4.69, 9.17) is 4.42 Å². The van der Waals surface area contributed by atoms with E-state index in [1.807, 2.05) is 6.07 Å². The van der Waals surface area contributed by atoms with Gasteiger partial charge in [-0.1, -0.05) is 30.3 Å². The molecule has 1 atom stereocenters. The first-order valence-corrected chi connectivity index (χ1v) is 7.61. The normalized spacial score (nSPS) is 18.6. The van der Waals surface area contributed by atoms with Crippen LogP contribution in [0.5, 0.6) is 0 Å². The van der Waals surface area contributed by atoms with Crippen LogP contribution < -0.4 is 5.76 Å². The van der Waals surface area contributed by atoms with E-state index in [1.54, 1.807) is 29.2 Å². The monoisotopic (exact) mass is 317 g/mol. The summed E-state index contributed by atoms with van der Waals surface area (Å²) in [5.41, 5.74) is -0.974. The minimum absolute atomic E-state index is 0.0136. The van der Waals surface area contributed by atoms with Gasteiger partial charge in [-0.25, -0.2) is 9.89 Å². The Balaban J connectivity index is 1.67. The zero-order chi connectivity index (χ0) is 16.4. The predicted molar refractivity (Wildman–Crippen MR) is 81.7 cm³/mol. The van der Waals surface area contributed by atoms with Gasteiger partial charge in [-0.2, -0.15) is 0 Å². The highest BCUT2D eigenvalue weighted by molar-refractivity contribution is 5.86. The molecule has 2 aromatic rings. The molecule has 1 aromatic heterocycles. The summed E-state index contributed by atoms with van der Waals surface area (Å²) in [6.45, 7) is 2.50. The summed E-state index contributed by atoms with van der Waals surface area (Å²) < 4.78 is 4.98. The molecule has 1 aliphatic heterocycles. The first-order valence-electron chi connectivity index (χ1n) is 7.61. The third-order valence-corrected chi connectivity index (χ3v) is 4.34. The van der Waals surface area contributed by atoms with E-state index >= 15 is 0 Å². The molecule has 2 heterocycles. The second-order valence-corrected chi connectivity index (χ2v) is 5.96. The van der Waals surface area contributed by atoms with E-state index in [2.05, 4.69) is 10.2 Å². The number of aromatic amines is 1. The molecule has 3 rings (SSSR count). The minimum Gasteiger partial charge on any atom is -0.392 e. The lowest BCUT2D eigenvalue weighted by molar-refractivity contribution is -0.151. The molecule has 0 bridgehead atoms. The van der Waals surface area contributed by atoms with Crippen molar-refractivity contribution in [2.24, 2.45) is 0 Å². The summed E-state index contributed by atoms with van der Waals surface area (Å²) in [7, 11) is 0. The summed E-state index contributed by atoms with van der Waals surface area (Å²) in [5.74, 6) is -0.479. The number of carbonyl (C=O) groups is 1. The molecule has 7 heteroatoms. The summed E-state index contributed by atoms with van der Waals surface area (Å²) in [4.78, 5) is 25.3. The number of rotatable bonds is 3. The van der Waals surface area contributed by atoms with Crippen LogP contribution in [0.15, 0.2) is 39.5 Å². The predicted octanol–water partition coefficient (Wildman–Crippen LogP) is 0.977. The Bertz CT molecular complexity index is 727. The zero-order valence-electron chi connectivity index (χ0n) is 12.9. The maximum Gasteiger partial charge on any atom is 0.434 e. The molecule has 23 heavy (non-hydrogen) atoms. The SMILES string of the molecule is C[C@@](O)(C(=O)N1CCC(c2n[nH]c(=O)o2)CC1)c1ccccc1. The smallest absolute Gasteiger partial charge is 0.392 e. The Morgan fingerprint density at radius 3 is 2.57 bits per heavy atom. The van der Waals surface area contributed by atoms with Crippen LogP contribution in [0.1, 0.15) is 37.1 Å². The average molecular weight is 317 g/mol. The number of aromatic nitrogens is 2. The molecule has 1 aliphatic rings. The fourth-order valence-electron chi connectivity index (χ4n) is 2.94. The van der Waals surface area contributed by atoms with Gasteiger partial charge in [0.1, 0.15) is 0 Å². The van der Waals surface area contributed by atoms with Crippen molar-refractivity contribution in [2.75, 3.05) is 13.1 Å². The molecule has 1 aromatic carbocycles. The van der Waals surface area contributed by atoms with Gasteiger partial charge >= 0.3 is 5.76 Å². The first-order chi connectivity index (χ1) is 11.0. The summed E-state index contributed by atoms with van der Waals surface area (Å²) in [6, 6.07) is 8.91. The van der Waals surface area contributed by atoms with E-state index in [9.17, 15) is 14.7 Å². The van der Waals surface area contributed by atoms with Crippen LogP contribution in [-0.2, 0) is 10.4 Å². The number of benzene rings is 1. The minimum atomic E-state index is -1.55. The number of H-pyrrole nitrogens is 1. The van der Waals surface area contributed by atoms with Crippen molar-refractivity contribution in [1.82, 2.24) is 15.1 Å². The van der Waals surface area contributed by atoms with Crippen molar-refractivity contribution >= 4 is 5.91 Å². The van der Waals surface area contributed by atoms with Crippen molar-refractivity contribution < 1.29 is 14.3 Å². The molecule has 122 valence electrons. The van der Waals surface area contributed by atoms with Crippen LogP contribution >= 0.6 is 0 Å². The van der Waals surface area contributed by atoms with Crippen LogP contribution in [0, 0.1) is 0 Å². The van der Waals surface area contributed by atoms with Crippen LogP contribution in [-0.4, -0.2) is 39.2 Å². The van der Waals surface area contributed by atoms with E-state index in [0.717, 1.165) is 0 Å². The van der Waals surface area contributed by atoms with Crippen LogP contribution in [0.2, 0.25) is 0 Å². The van der Waals surface area contributed by atoms with Gasteiger partial charge in [0.15, 0.2) is 5.60 Å². The van der Waals surface area contributed by atoms with Gasteiger partial charge in [0.05, 0.1) is 0 Å². The average Bonchev–Trinajstić information content (AvgIpc) is 3.01. The molecule has 1 amide bonds. The lowest BCUT2D eigenvalue weighted by Gasteiger charge is -2.35. The first kappa shape index (κ1) is 15.5. The Hall–Kier alpha value is -2.41. The quantitative estimate of drug-likeness (QED) is 0.879.